The molecule has 244 valence electrons. The zero-order valence-corrected chi connectivity index (χ0v) is 24.1. The molecule has 0 aliphatic heterocycles. The van der Waals surface area contributed by atoms with Crippen LogP contribution in [-0.4, -0.2) is 0 Å². The molecule has 0 heterocycles. The molecule has 49 heavy (non-hydrogen) atoms. The lowest BCUT2D eigenvalue weighted by Gasteiger charge is -2.11. The van der Waals surface area contributed by atoms with Crippen molar-refractivity contribution in [2.24, 2.45) is 17.2 Å². The Morgan fingerprint density at radius 2 is 0.735 bits per heavy atom. The molecule has 5 aromatic rings. The van der Waals surface area contributed by atoms with Crippen LogP contribution in [0.5, 0.6) is 0 Å². The summed E-state index contributed by atoms with van der Waals surface area (Å²) < 4.78 is 143. The fourth-order valence-corrected chi connectivity index (χ4v) is 6.41. The summed E-state index contributed by atoms with van der Waals surface area (Å²) >= 11 is 0. The van der Waals surface area contributed by atoms with E-state index in [0.717, 1.165) is 24.3 Å². The van der Waals surface area contributed by atoms with Crippen molar-refractivity contribution >= 4 is 11.1 Å². The average molecular weight is 681 g/mol. The van der Waals surface area contributed by atoms with Crippen molar-refractivity contribution in [3.8, 4) is 50.6 Å². The number of hydrogen-bond donors (Lipinski definition) is 3. The highest BCUT2D eigenvalue weighted by atomic mass is 19.2. The van der Waals surface area contributed by atoms with E-state index < -0.39 is 74.9 Å². The lowest BCUT2D eigenvalue weighted by Crippen LogP contribution is -2.11. The van der Waals surface area contributed by atoms with Gasteiger partial charge in [-0.2, -0.15) is 5.26 Å². The van der Waals surface area contributed by atoms with E-state index in [1.165, 1.54) is 12.1 Å². The van der Waals surface area contributed by atoms with Crippen LogP contribution in [-0.2, 0) is 0 Å². The second kappa shape index (κ2) is 10.6. The monoisotopic (exact) mass is 680 g/mol. The molecule has 0 radical (unpaired) electrons. The first kappa shape index (κ1) is 31.4. The van der Waals surface area contributed by atoms with Gasteiger partial charge in [0.05, 0.1) is 11.1 Å². The number of nitriles is 1. The van der Waals surface area contributed by atoms with Crippen LogP contribution < -0.4 is 17.2 Å². The predicted molar refractivity (Wildman–Crippen MR) is 158 cm³/mol. The molecule has 0 aromatic heterocycles. The van der Waals surface area contributed by atoms with Gasteiger partial charge in [0, 0.05) is 11.1 Å². The molecule has 2 aliphatic rings. The lowest BCUT2D eigenvalue weighted by atomic mass is 9.95. The quantitative estimate of drug-likeness (QED) is 0.0741. The maximum Gasteiger partial charge on any atom is 0.200 e. The summed E-state index contributed by atoms with van der Waals surface area (Å²) in [6, 6.07) is 12.1. The van der Waals surface area contributed by atoms with Crippen molar-refractivity contribution in [3.63, 3.8) is 0 Å². The van der Waals surface area contributed by atoms with Gasteiger partial charge in [0.1, 0.15) is 17.6 Å². The normalized spacial score (nSPS) is 13.5. The Morgan fingerprint density at radius 3 is 1.10 bits per heavy atom. The van der Waals surface area contributed by atoms with Gasteiger partial charge < -0.3 is 17.2 Å². The highest BCUT2D eigenvalue weighted by Gasteiger charge is 2.35. The smallest absolute Gasteiger partial charge is 0.200 e. The zero-order chi connectivity index (χ0) is 35.4. The third-order valence-electron chi connectivity index (χ3n) is 8.53. The van der Waals surface area contributed by atoms with Crippen molar-refractivity contribution in [2.75, 3.05) is 0 Å². The second-order valence-corrected chi connectivity index (χ2v) is 11.1. The third kappa shape index (κ3) is 4.18. The number of benzene rings is 5. The molecule has 0 amide bonds. The number of halogens is 10. The van der Waals surface area contributed by atoms with Crippen molar-refractivity contribution in [1.29, 1.82) is 5.26 Å². The van der Waals surface area contributed by atoms with Gasteiger partial charge in [-0.15, -0.1) is 0 Å². The molecule has 14 heteroatoms. The van der Waals surface area contributed by atoms with Crippen LogP contribution in [0, 0.1) is 69.5 Å². The zero-order valence-electron chi connectivity index (χ0n) is 24.1. The molecule has 0 spiro atoms. The molecule has 0 saturated heterocycles. The van der Waals surface area contributed by atoms with Gasteiger partial charge in [-0.05, 0) is 79.9 Å². The van der Waals surface area contributed by atoms with Gasteiger partial charge in [-0.3, -0.25) is 0 Å². The largest absolute Gasteiger partial charge is 0.390 e. The molecule has 2 aliphatic carbocycles. The van der Waals surface area contributed by atoms with Gasteiger partial charge in [-0.25, -0.2) is 43.9 Å². The minimum Gasteiger partial charge on any atom is -0.390 e. The predicted octanol–water partition coefficient (Wildman–Crippen LogP) is 8.25. The summed E-state index contributed by atoms with van der Waals surface area (Å²) in [7, 11) is 0. The highest BCUT2D eigenvalue weighted by Crippen LogP contribution is 2.54. The summed E-state index contributed by atoms with van der Waals surface area (Å²) in [5, 5.41) is 9.76. The first-order valence-electron chi connectivity index (χ1n) is 13.9. The SMILES string of the molecule is N#C/C(N)=C1\c2cc(-c3c(F)c(F)c(F)c(F)c3F)ccc2-c2cc3c(cc21)-c1ccc(-c2c(F)c(F)c(F)c(F)c2F)cc1C3=C(N)N. The fraction of sp³-hybridized carbons (Fsp3) is 0. The fourth-order valence-electron chi connectivity index (χ4n) is 6.41. The van der Waals surface area contributed by atoms with Crippen LogP contribution in [0.2, 0.25) is 0 Å². The number of nitrogens with zero attached hydrogens (tertiary/aromatic N) is 1. The Hall–Kier alpha value is -6.23. The molecule has 4 nitrogen and oxygen atoms in total. The molecule has 0 bridgehead atoms. The van der Waals surface area contributed by atoms with Crippen molar-refractivity contribution in [1.82, 2.24) is 0 Å². The van der Waals surface area contributed by atoms with Crippen molar-refractivity contribution in [3.05, 3.63) is 140 Å². The van der Waals surface area contributed by atoms with Gasteiger partial charge in [0.15, 0.2) is 46.5 Å². The average Bonchev–Trinajstić information content (AvgIpc) is 3.58. The number of hydrogen-bond acceptors (Lipinski definition) is 4. The van der Waals surface area contributed by atoms with Crippen molar-refractivity contribution < 1.29 is 43.9 Å². The van der Waals surface area contributed by atoms with E-state index >= 15 is 0 Å². The Kier molecular flexibility index (Phi) is 6.81. The number of rotatable bonds is 2. The van der Waals surface area contributed by atoms with Crippen LogP contribution in [0.25, 0.3) is 55.7 Å². The molecular weight excluding hydrogens is 666 g/mol. The summed E-state index contributed by atoms with van der Waals surface area (Å²) in [5.74, 6) is -21.8. The number of allylic oxidation sites excluding steroid dienone is 1. The molecule has 6 N–H and O–H groups in total. The van der Waals surface area contributed by atoms with Gasteiger partial charge in [0.25, 0.3) is 0 Å². The maximum absolute atomic E-state index is 14.7. The summed E-state index contributed by atoms with van der Waals surface area (Å²) in [6.45, 7) is 0. The number of fused-ring (bicyclic) bond motifs is 6. The lowest BCUT2D eigenvalue weighted by molar-refractivity contribution is 0.381. The molecule has 0 unspecified atom stereocenters. The Balaban J connectivity index is 1.44. The van der Waals surface area contributed by atoms with E-state index in [1.54, 1.807) is 18.2 Å². The summed E-state index contributed by atoms with van der Waals surface area (Å²) in [6.07, 6.45) is 0. The minimum absolute atomic E-state index is 0.0544. The van der Waals surface area contributed by atoms with Crippen LogP contribution in [0.3, 0.4) is 0 Å². The van der Waals surface area contributed by atoms with E-state index in [0.29, 0.717) is 33.4 Å². The van der Waals surface area contributed by atoms with Crippen molar-refractivity contribution in [2.45, 2.75) is 0 Å². The first-order valence-corrected chi connectivity index (χ1v) is 13.9. The van der Waals surface area contributed by atoms with Crippen LogP contribution in [0.1, 0.15) is 22.3 Å². The molecule has 5 aromatic carbocycles. The van der Waals surface area contributed by atoms with Gasteiger partial charge in [0.2, 0.25) is 11.6 Å². The van der Waals surface area contributed by atoms with Crippen LogP contribution in [0.4, 0.5) is 43.9 Å². The van der Waals surface area contributed by atoms with E-state index in [1.807, 2.05) is 0 Å². The van der Waals surface area contributed by atoms with E-state index in [-0.39, 0.29) is 39.4 Å². The molecule has 7 rings (SSSR count). The molecule has 0 fully saturated rings. The Labute approximate surface area is 268 Å². The Morgan fingerprint density at radius 1 is 0.408 bits per heavy atom. The molecule has 0 saturated carbocycles. The summed E-state index contributed by atoms with van der Waals surface area (Å²) in [4.78, 5) is 0. The first-order chi connectivity index (χ1) is 23.2. The van der Waals surface area contributed by atoms with E-state index in [4.69, 9.17) is 17.2 Å². The van der Waals surface area contributed by atoms with Gasteiger partial charge in [-0.1, -0.05) is 24.3 Å². The summed E-state index contributed by atoms with van der Waals surface area (Å²) in [5.41, 5.74) is 17.1. The molecular formula is C35H14F10N4. The second-order valence-electron chi connectivity index (χ2n) is 11.1. The Bertz CT molecular complexity index is 2430. The van der Waals surface area contributed by atoms with Gasteiger partial charge >= 0.3 is 0 Å². The highest BCUT2D eigenvalue weighted by molar-refractivity contribution is 6.10. The molecule has 0 atom stereocenters. The topological polar surface area (TPSA) is 102 Å². The van der Waals surface area contributed by atoms with Crippen LogP contribution in [0.15, 0.2) is 60.0 Å². The number of nitrogens with two attached hydrogens (primary N) is 3. The van der Waals surface area contributed by atoms with E-state index in [9.17, 15) is 49.2 Å². The third-order valence-corrected chi connectivity index (χ3v) is 8.53. The van der Waals surface area contributed by atoms with Crippen LogP contribution >= 0.6 is 0 Å². The van der Waals surface area contributed by atoms with E-state index in [2.05, 4.69) is 0 Å². The maximum atomic E-state index is 14.7. The standard InChI is InChI=1S/C35H14F10N4/c36-25-21(26(37)30(41)33(44)29(25)40)10-1-3-12-14-8-19-15(7-18(14)23(16(12)5-10)20(47)9-46)13-4-2-11(6-17(13)24(19)35(48)49)22-27(38)31(42)34(45)32(43)28(22)39/h1-8H,47-49H2/b23-20-. The minimum atomic E-state index is -2.33.